The summed E-state index contributed by atoms with van der Waals surface area (Å²) in [6.07, 6.45) is 1.96. The lowest BCUT2D eigenvalue weighted by atomic mass is 10.3. The third-order valence-electron chi connectivity index (χ3n) is 1.30. The Kier molecular flexibility index (Phi) is 2.67. The molecule has 2 nitrogen and oxygen atoms in total. The van der Waals surface area contributed by atoms with Crippen LogP contribution in [0.2, 0.25) is 0 Å². The summed E-state index contributed by atoms with van der Waals surface area (Å²) in [6.45, 7) is 0. The molecule has 0 aliphatic rings. The predicted octanol–water partition coefficient (Wildman–Crippen LogP) is 2.46. The summed E-state index contributed by atoms with van der Waals surface area (Å²) in [5.41, 5.74) is 5.91. The molecule has 60 valence electrons. The number of anilines is 1. The lowest BCUT2D eigenvalue weighted by molar-refractivity contribution is 0.474. The van der Waals surface area contributed by atoms with Gasteiger partial charge in [0.05, 0.1) is 10.2 Å². The maximum atomic E-state index is 9.25. The second-order valence-electron chi connectivity index (χ2n) is 2.05. The van der Waals surface area contributed by atoms with Gasteiger partial charge in [0.25, 0.3) is 0 Å². The minimum absolute atomic E-state index is 0.114. The van der Waals surface area contributed by atoms with E-state index in [2.05, 4.69) is 15.9 Å². The fourth-order valence-corrected chi connectivity index (χ4v) is 1.82. The molecule has 0 spiro atoms. The van der Waals surface area contributed by atoms with Gasteiger partial charge in [0, 0.05) is 4.90 Å². The van der Waals surface area contributed by atoms with E-state index in [0.717, 1.165) is 4.90 Å². The van der Waals surface area contributed by atoms with Gasteiger partial charge < -0.3 is 10.8 Å². The van der Waals surface area contributed by atoms with Crippen molar-refractivity contribution in [1.29, 1.82) is 0 Å². The highest BCUT2D eigenvalue weighted by atomic mass is 79.9. The van der Waals surface area contributed by atoms with Crippen LogP contribution in [0.15, 0.2) is 21.5 Å². The first-order chi connectivity index (χ1) is 5.15. The molecule has 1 aromatic rings. The number of benzene rings is 1. The van der Waals surface area contributed by atoms with Crippen LogP contribution in [0, 0.1) is 0 Å². The van der Waals surface area contributed by atoms with Crippen LogP contribution in [0.25, 0.3) is 0 Å². The van der Waals surface area contributed by atoms with Crippen LogP contribution in [-0.4, -0.2) is 11.4 Å². The molecule has 0 amide bonds. The lowest BCUT2D eigenvalue weighted by Crippen LogP contribution is -1.86. The van der Waals surface area contributed by atoms with Crippen LogP contribution in [0.4, 0.5) is 5.69 Å². The van der Waals surface area contributed by atoms with E-state index in [1.54, 1.807) is 17.8 Å². The number of phenols is 1. The van der Waals surface area contributed by atoms with Gasteiger partial charge in [-0.3, -0.25) is 0 Å². The van der Waals surface area contributed by atoms with Crippen molar-refractivity contribution in [2.75, 3.05) is 12.0 Å². The number of phenolic OH excluding ortho intramolecular Hbond substituents is 1. The molecular weight excluding hydrogens is 226 g/mol. The number of aromatic hydroxyl groups is 1. The molecule has 4 heteroatoms. The summed E-state index contributed by atoms with van der Waals surface area (Å²) in [5, 5.41) is 9.25. The van der Waals surface area contributed by atoms with Crippen LogP contribution < -0.4 is 5.73 Å². The Bertz CT molecular complexity index is 254. The Morgan fingerprint density at radius 1 is 1.55 bits per heavy atom. The number of nitrogens with two attached hydrogens (primary N) is 1. The molecule has 0 saturated heterocycles. The van der Waals surface area contributed by atoms with Crippen molar-refractivity contribution in [2.45, 2.75) is 4.90 Å². The molecule has 0 radical (unpaired) electrons. The zero-order valence-electron chi connectivity index (χ0n) is 5.97. The average molecular weight is 234 g/mol. The van der Waals surface area contributed by atoms with Crippen LogP contribution in [0.1, 0.15) is 0 Å². The number of rotatable bonds is 1. The van der Waals surface area contributed by atoms with Gasteiger partial charge in [0.1, 0.15) is 0 Å². The number of halogens is 1. The molecule has 3 N–H and O–H groups in total. The van der Waals surface area contributed by atoms with Gasteiger partial charge >= 0.3 is 0 Å². The first-order valence-electron chi connectivity index (χ1n) is 2.97. The standard InChI is InChI=1S/C7H8BrNOS/c1-11-4-2-5(8)7(10)6(9)3-4/h2-3,10H,9H2,1H3. The molecule has 0 aliphatic heterocycles. The fourth-order valence-electron chi connectivity index (χ4n) is 0.712. The summed E-state index contributed by atoms with van der Waals surface area (Å²) in [5.74, 6) is 0.114. The van der Waals surface area contributed by atoms with Gasteiger partial charge in [-0.05, 0) is 34.3 Å². The second kappa shape index (κ2) is 3.36. The second-order valence-corrected chi connectivity index (χ2v) is 3.78. The Labute approximate surface area is 77.9 Å². The smallest absolute Gasteiger partial charge is 0.152 e. The number of hydrogen-bond acceptors (Lipinski definition) is 3. The van der Waals surface area contributed by atoms with Crippen molar-refractivity contribution in [3.05, 3.63) is 16.6 Å². The Morgan fingerprint density at radius 2 is 2.18 bits per heavy atom. The third kappa shape index (κ3) is 1.81. The van der Waals surface area contributed by atoms with E-state index in [0.29, 0.717) is 10.2 Å². The number of thioether (sulfide) groups is 1. The molecule has 0 bridgehead atoms. The summed E-state index contributed by atoms with van der Waals surface area (Å²) in [6, 6.07) is 3.57. The van der Waals surface area contributed by atoms with E-state index in [4.69, 9.17) is 5.73 Å². The highest BCUT2D eigenvalue weighted by Gasteiger charge is 2.03. The van der Waals surface area contributed by atoms with Crippen molar-refractivity contribution in [3.8, 4) is 5.75 Å². The quantitative estimate of drug-likeness (QED) is 0.445. The number of nitrogen functional groups attached to an aromatic ring is 1. The van der Waals surface area contributed by atoms with Gasteiger partial charge in [-0.25, -0.2) is 0 Å². The predicted molar refractivity (Wildman–Crippen MR) is 52.0 cm³/mol. The fraction of sp³-hybridized carbons (Fsp3) is 0.143. The van der Waals surface area contributed by atoms with E-state index < -0.39 is 0 Å². The van der Waals surface area contributed by atoms with Gasteiger partial charge in [0.2, 0.25) is 0 Å². The Hall–Kier alpha value is -0.350. The van der Waals surface area contributed by atoms with Gasteiger partial charge in [-0.2, -0.15) is 0 Å². The number of hydrogen-bond donors (Lipinski definition) is 2. The SMILES string of the molecule is CSc1cc(N)c(O)c(Br)c1. The molecule has 1 rings (SSSR count). The summed E-state index contributed by atoms with van der Waals surface area (Å²) < 4.78 is 0.641. The zero-order chi connectivity index (χ0) is 8.43. The molecule has 0 aliphatic carbocycles. The largest absolute Gasteiger partial charge is 0.505 e. The molecule has 1 aromatic carbocycles. The van der Waals surface area contributed by atoms with E-state index in [-0.39, 0.29) is 5.75 Å². The van der Waals surface area contributed by atoms with Gasteiger partial charge in [-0.1, -0.05) is 0 Å². The van der Waals surface area contributed by atoms with Crippen LogP contribution in [0.5, 0.6) is 5.75 Å². The van der Waals surface area contributed by atoms with Crippen LogP contribution >= 0.6 is 27.7 Å². The minimum Gasteiger partial charge on any atom is -0.505 e. The van der Waals surface area contributed by atoms with Gasteiger partial charge in [0.15, 0.2) is 5.75 Å². The van der Waals surface area contributed by atoms with Gasteiger partial charge in [-0.15, -0.1) is 11.8 Å². The monoisotopic (exact) mass is 233 g/mol. The van der Waals surface area contributed by atoms with Crippen molar-refractivity contribution in [3.63, 3.8) is 0 Å². The molecule has 11 heavy (non-hydrogen) atoms. The normalized spacial score (nSPS) is 10.0. The van der Waals surface area contributed by atoms with Crippen molar-refractivity contribution in [2.24, 2.45) is 0 Å². The highest BCUT2D eigenvalue weighted by molar-refractivity contribution is 9.10. The summed E-state index contributed by atoms with van der Waals surface area (Å²) >= 11 is 4.78. The van der Waals surface area contributed by atoms with E-state index in [9.17, 15) is 5.11 Å². The Balaban J connectivity index is 3.21. The summed E-state index contributed by atoms with van der Waals surface area (Å²) in [4.78, 5) is 1.03. The van der Waals surface area contributed by atoms with Crippen molar-refractivity contribution in [1.82, 2.24) is 0 Å². The van der Waals surface area contributed by atoms with Crippen molar-refractivity contribution < 1.29 is 5.11 Å². The molecule has 0 heterocycles. The first-order valence-corrected chi connectivity index (χ1v) is 4.99. The minimum atomic E-state index is 0.114. The third-order valence-corrected chi connectivity index (χ3v) is 2.61. The van der Waals surface area contributed by atoms with Crippen LogP contribution in [-0.2, 0) is 0 Å². The van der Waals surface area contributed by atoms with Crippen molar-refractivity contribution >= 4 is 33.4 Å². The van der Waals surface area contributed by atoms with Crippen LogP contribution in [0.3, 0.4) is 0 Å². The molecule has 0 saturated carbocycles. The topological polar surface area (TPSA) is 46.2 Å². The highest BCUT2D eigenvalue weighted by Crippen LogP contribution is 2.33. The molecule has 0 atom stereocenters. The van der Waals surface area contributed by atoms with E-state index >= 15 is 0 Å². The maximum Gasteiger partial charge on any atom is 0.152 e. The zero-order valence-corrected chi connectivity index (χ0v) is 8.37. The van der Waals surface area contributed by atoms with E-state index in [1.807, 2.05) is 12.3 Å². The molecular formula is C7H8BrNOS. The maximum absolute atomic E-state index is 9.25. The average Bonchev–Trinajstić information content (AvgIpc) is 1.99. The first kappa shape index (κ1) is 8.74. The molecule has 0 fully saturated rings. The molecule has 0 aromatic heterocycles. The Morgan fingerprint density at radius 3 is 2.64 bits per heavy atom. The van der Waals surface area contributed by atoms with E-state index in [1.165, 1.54) is 0 Å². The molecule has 0 unspecified atom stereocenters. The summed E-state index contributed by atoms with van der Waals surface area (Å²) in [7, 11) is 0. The lowest BCUT2D eigenvalue weighted by Gasteiger charge is -2.03.